The average Bonchev–Trinajstić information content (AvgIpc) is 3.01. The third kappa shape index (κ3) is 5.18. The molecule has 1 aromatic heterocycles. The van der Waals surface area contributed by atoms with Crippen LogP contribution in [0.15, 0.2) is 36.7 Å². The fourth-order valence-corrected chi connectivity index (χ4v) is 2.64. The summed E-state index contributed by atoms with van der Waals surface area (Å²) in [6.45, 7) is 9.33. The predicted molar refractivity (Wildman–Crippen MR) is 102 cm³/mol. The summed E-state index contributed by atoms with van der Waals surface area (Å²) in [5.74, 6) is 0. The average molecular weight is 343 g/mol. The molecule has 0 aliphatic heterocycles. The number of aryl methyl sites for hydroxylation is 2. The Hall–Kier alpha value is -2.11. The van der Waals surface area contributed by atoms with E-state index in [1.54, 1.807) is 0 Å². The van der Waals surface area contributed by atoms with Gasteiger partial charge >= 0.3 is 0 Å². The van der Waals surface area contributed by atoms with Crippen LogP contribution in [0.5, 0.6) is 0 Å². The number of carbonyl (C=O) groups is 1. The van der Waals surface area contributed by atoms with Crippen LogP contribution in [0.3, 0.4) is 0 Å². The SMILES string of the molecule is CCc1ccc(-c2cn(CCCN)cc2N(C=O)OC(C)(C)C)cc1. The van der Waals surface area contributed by atoms with Crippen molar-refractivity contribution in [1.29, 1.82) is 0 Å². The van der Waals surface area contributed by atoms with Gasteiger partial charge in [0.1, 0.15) is 0 Å². The molecule has 2 aromatic rings. The Bertz CT molecular complexity index is 684. The van der Waals surface area contributed by atoms with Crippen molar-refractivity contribution in [2.45, 2.75) is 52.7 Å². The lowest BCUT2D eigenvalue weighted by Gasteiger charge is -2.26. The van der Waals surface area contributed by atoms with Gasteiger partial charge in [0.15, 0.2) is 0 Å². The minimum absolute atomic E-state index is 0.469. The number of aromatic nitrogens is 1. The highest BCUT2D eigenvalue weighted by molar-refractivity contribution is 5.85. The standard InChI is InChI=1S/C20H29N3O2/c1-5-16-7-9-17(10-8-16)18-13-22(12-6-11-21)14-19(18)23(15-24)25-20(2,3)4/h7-10,13-15H,5-6,11-12,21H2,1-4H3. The van der Waals surface area contributed by atoms with E-state index in [2.05, 4.69) is 42.0 Å². The van der Waals surface area contributed by atoms with Crippen molar-refractivity contribution in [1.82, 2.24) is 4.57 Å². The second-order valence-electron chi connectivity index (χ2n) is 7.12. The van der Waals surface area contributed by atoms with Crippen LogP contribution in [0.4, 0.5) is 5.69 Å². The molecular weight excluding hydrogens is 314 g/mol. The molecule has 5 nitrogen and oxygen atoms in total. The van der Waals surface area contributed by atoms with E-state index in [9.17, 15) is 4.79 Å². The highest BCUT2D eigenvalue weighted by Gasteiger charge is 2.22. The van der Waals surface area contributed by atoms with Gasteiger partial charge in [0.2, 0.25) is 6.41 Å². The summed E-state index contributed by atoms with van der Waals surface area (Å²) >= 11 is 0. The number of carbonyl (C=O) groups excluding carboxylic acids is 1. The number of hydrogen-bond donors (Lipinski definition) is 1. The second kappa shape index (κ2) is 8.32. The summed E-state index contributed by atoms with van der Waals surface area (Å²) in [5.41, 5.74) is 9.21. The zero-order chi connectivity index (χ0) is 18.4. The molecule has 1 heterocycles. The van der Waals surface area contributed by atoms with Crippen molar-refractivity contribution in [3.8, 4) is 11.1 Å². The van der Waals surface area contributed by atoms with Gasteiger partial charge in [-0.05, 0) is 51.3 Å². The van der Waals surface area contributed by atoms with Crippen LogP contribution in [0.2, 0.25) is 0 Å². The number of rotatable bonds is 8. The number of amides is 1. The number of anilines is 1. The van der Waals surface area contributed by atoms with E-state index in [0.717, 1.165) is 42.6 Å². The largest absolute Gasteiger partial charge is 0.351 e. The Morgan fingerprint density at radius 1 is 1.20 bits per heavy atom. The molecule has 0 saturated carbocycles. The molecule has 136 valence electrons. The van der Waals surface area contributed by atoms with E-state index < -0.39 is 5.60 Å². The van der Waals surface area contributed by atoms with Crippen molar-refractivity contribution in [3.05, 3.63) is 42.2 Å². The summed E-state index contributed by atoms with van der Waals surface area (Å²) in [6.07, 6.45) is 6.59. The van der Waals surface area contributed by atoms with Gasteiger partial charge in [0.25, 0.3) is 0 Å². The van der Waals surface area contributed by atoms with Gasteiger partial charge in [-0.1, -0.05) is 31.2 Å². The summed E-state index contributed by atoms with van der Waals surface area (Å²) in [7, 11) is 0. The van der Waals surface area contributed by atoms with E-state index in [1.165, 1.54) is 10.6 Å². The van der Waals surface area contributed by atoms with Gasteiger partial charge in [0, 0.05) is 24.5 Å². The lowest BCUT2D eigenvalue weighted by atomic mass is 10.0. The summed E-state index contributed by atoms with van der Waals surface area (Å²) in [4.78, 5) is 17.5. The maximum Gasteiger partial charge on any atom is 0.238 e. The Balaban J connectivity index is 2.44. The monoisotopic (exact) mass is 343 g/mol. The van der Waals surface area contributed by atoms with Crippen molar-refractivity contribution >= 4 is 12.1 Å². The van der Waals surface area contributed by atoms with Crippen molar-refractivity contribution in [3.63, 3.8) is 0 Å². The van der Waals surface area contributed by atoms with Gasteiger partial charge in [-0.15, -0.1) is 0 Å². The quantitative estimate of drug-likeness (QED) is 0.586. The van der Waals surface area contributed by atoms with E-state index in [-0.39, 0.29) is 0 Å². The molecule has 0 radical (unpaired) electrons. The number of nitrogens with zero attached hydrogens (tertiary/aromatic N) is 2. The van der Waals surface area contributed by atoms with Crippen LogP contribution < -0.4 is 10.8 Å². The molecule has 0 aliphatic carbocycles. The molecule has 0 saturated heterocycles. The van der Waals surface area contributed by atoms with Crippen LogP contribution in [-0.2, 0) is 22.6 Å². The maximum atomic E-state index is 11.7. The van der Waals surface area contributed by atoms with Crippen LogP contribution in [0.1, 0.15) is 39.7 Å². The highest BCUT2D eigenvalue weighted by atomic mass is 16.7. The minimum Gasteiger partial charge on any atom is -0.351 e. The molecule has 0 fully saturated rings. The summed E-state index contributed by atoms with van der Waals surface area (Å²) < 4.78 is 2.06. The molecule has 2 rings (SSSR count). The third-order valence-electron chi connectivity index (χ3n) is 3.86. The van der Waals surface area contributed by atoms with E-state index >= 15 is 0 Å². The Morgan fingerprint density at radius 3 is 2.40 bits per heavy atom. The Kier molecular flexibility index (Phi) is 6.39. The number of benzene rings is 1. The molecular formula is C20H29N3O2. The van der Waals surface area contributed by atoms with Gasteiger partial charge < -0.3 is 10.3 Å². The molecule has 1 aromatic carbocycles. The lowest BCUT2D eigenvalue weighted by molar-refractivity contribution is -0.120. The molecule has 0 atom stereocenters. The summed E-state index contributed by atoms with van der Waals surface area (Å²) in [5, 5.41) is 1.32. The maximum absolute atomic E-state index is 11.7. The zero-order valence-corrected chi connectivity index (χ0v) is 15.7. The Labute approximate surface area is 150 Å². The van der Waals surface area contributed by atoms with Crippen molar-refractivity contribution < 1.29 is 9.63 Å². The predicted octanol–water partition coefficient (Wildman–Crippen LogP) is 3.76. The molecule has 0 unspecified atom stereocenters. The number of hydroxylamine groups is 1. The van der Waals surface area contributed by atoms with Crippen molar-refractivity contribution in [2.24, 2.45) is 5.73 Å². The zero-order valence-electron chi connectivity index (χ0n) is 15.7. The van der Waals surface area contributed by atoms with Gasteiger partial charge in [0.05, 0.1) is 11.3 Å². The fourth-order valence-electron chi connectivity index (χ4n) is 2.64. The smallest absolute Gasteiger partial charge is 0.238 e. The first-order chi connectivity index (χ1) is 11.9. The first kappa shape index (κ1) is 19.2. The molecule has 5 heteroatoms. The van der Waals surface area contributed by atoms with Crippen LogP contribution in [0, 0.1) is 0 Å². The number of hydrogen-bond acceptors (Lipinski definition) is 3. The lowest BCUT2D eigenvalue weighted by Crippen LogP contribution is -2.33. The van der Waals surface area contributed by atoms with Gasteiger partial charge in [-0.3, -0.25) is 9.63 Å². The van der Waals surface area contributed by atoms with E-state index in [1.807, 2.05) is 27.0 Å². The molecule has 0 spiro atoms. The molecule has 0 aliphatic rings. The van der Waals surface area contributed by atoms with Crippen molar-refractivity contribution in [2.75, 3.05) is 11.6 Å². The Morgan fingerprint density at radius 2 is 1.88 bits per heavy atom. The van der Waals surface area contributed by atoms with Crippen LogP contribution in [0.25, 0.3) is 11.1 Å². The van der Waals surface area contributed by atoms with Gasteiger partial charge in [-0.2, -0.15) is 5.06 Å². The van der Waals surface area contributed by atoms with E-state index in [0.29, 0.717) is 6.54 Å². The first-order valence-electron chi connectivity index (χ1n) is 8.80. The third-order valence-corrected chi connectivity index (χ3v) is 3.86. The second-order valence-corrected chi connectivity index (χ2v) is 7.12. The minimum atomic E-state index is -0.469. The number of nitrogens with two attached hydrogens (primary N) is 1. The highest BCUT2D eigenvalue weighted by Crippen LogP contribution is 2.33. The first-order valence-corrected chi connectivity index (χ1v) is 8.80. The molecule has 25 heavy (non-hydrogen) atoms. The topological polar surface area (TPSA) is 60.5 Å². The van der Waals surface area contributed by atoms with E-state index in [4.69, 9.17) is 10.6 Å². The molecule has 2 N–H and O–H groups in total. The normalized spacial score (nSPS) is 11.6. The molecule has 1 amide bonds. The van der Waals surface area contributed by atoms with Crippen LogP contribution >= 0.6 is 0 Å². The molecule has 0 bridgehead atoms. The van der Waals surface area contributed by atoms with Crippen LogP contribution in [-0.4, -0.2) is 23.1 Å². The summed E-state index contributed by atoms with van der Waals surface area (Å²) in [6, 6.07) is 8.41. The van der Waals surface area contributed by atoms with Gasteiger partial charge in [-0.25, -0.2) is 0 Å². The fraction of sp³-hybridized carbons (Fsp3) is 0.450.